The Hall–Kier alpha value is -0.423. The molecule has 0 aliphatic heterocycles. The van der Waals surface area contributed by atoms with Crippen molar-refractivity contribution in [2.75, 3.05) is 7.11 Å². The summed E-state index contributed by atoms with van der Waals surface area (Å²) in [5, 5.41) is 10.4. The Morgan fingerprint density at radius 2 is 1.67 bits per heavy atom. The highest BCUT2D eigenvalue weighted by Gasteiger charge is 2.41. The zero-order valence-corrected chi connectivity index (χ0v) is 18.5. The van der Waals surface area contributed by atoms with Gasteiger partial charge >= 0.3 is 0 Å². The lowest BCUT2D eigenvalue weighted by Gasteiger charge is -2.42. The van der Waals surface area contributed by atoms with Crippen molar-refractivity contribution in [3.05, 3.63) is 24.3 Å². The molecule has 0 fully saturated rings. The van der Waals surface area contributed by atoms with Gasteiger partial charge in [-0.1, -0.05) is 53.7 Å². The molecule has 0 aromatic rings. The van der Waals surface area contributed by atoms with Crippen molar-refractivity contribution in [3.63, 3.8) is 0 Å². The van der Waals surface area contributed by atoms with Crippen LogP contribution in [0.2, 0.25) is 18.1 Å². The lowest BCUT2D eigenvalue weighted by molar-refractivity contribution is 0.00566. The van der Waals surface area contributed by atoms with E-state index in [-0.39, 0.29) is 29.1 Å². The minimum atomic E-state index is -1.95. The van der Waals surface area contributed by atoms with Crippen molar-refractivity contribution in [1.29, 1.82) is 0 Å². The van der Waals surface area contributed by atoms with E-state index >= 15 is 0 Å². The van der Waals surface area contributed by atoms with Gasteiger partial charge in [-0.05, 0) is 36.5 Å². The Labute approximate surface area is 151 Å². The number of hydrogen-bond donors (Lipinski definition) is 1. The largest absolute Gasteiger partial charge is 0.410 e. The number of aliphatic hydroxyl groups excluding tert-OH is 1. The standard InChI is InChI=1S/C20H40O3Si/c1-12-17(22-9)19(23-24(10,11)20(6,7)8)16(5)13-15(4)18(21)14(2)3/h12-14,16-19,21H,1H2,2-11H3/b15-13-/t16?,17-,18+,19-/m0/s1. The smallest absolute Gasteiger partial charge is 0.192 e. The molecule has 0 aliphatic rings. The highest BCUT2D eigenvalue weighted by Crippen LogP contribution is 2.39. The van der Waals surface area contributed by atoms with Crippen LogP contribution in [0.1, 0.15) is 48.5 Å². The van der Waals surface area contributed by atoms with E-state index < -0.39 is 14.4 Å². The molecule has 0 aromatic heterocycles. The maximum atomic E-state index is 10.3. The molecule has 1 N–H and O–H groups in total. The minimum absolute atomic E-state index is 0.109. The van der Waals surface area contributed by atoms with Crippen LogP contribution < -0.4 is 0 Å². The second kappa shape index (κ2) is 9.32. The Bertz CT molecular complexity index is 421. The Morgan fingerprint density at radius 3 is 2.00 bits per heavy atom. The average molecular weight is 357 g/mol. The molecule has 0 aromatic carbocycles. The summed E-state index contributed by atoms with van der Waals surface area (Å²) >= 11 is 0. The zero-order valence-electron chi connectivity index (χ0n) is 17.5. The van der Waals surface area contributed by atoms with E-state index in [2.05, 4.69) is 53.4 Å². The maximum absolute atomic E-state index is 10.3. The SMILES string of the molecule is C=C[C@H](OC)[C@@H](O[Si](C)(C)C(C)(C)C)C(C)/C=C(/C)[C@H](O)C(C)C. The van der Waals surface area contributed by atoms with E-state index in [9.17, 15) is 5.11 Å². The molecule has 0 rings (SSSR count). The van der Waals surface area contributed by atoms with Crippen LogP contribution in [0, 0.1) is 11.8 Å². The van der Waals surface area contributed by atoms with Gasteiger partial charge in [0.1, 0.15) is 6.10 Å². The van der Waals surface area contributed by atoms with Gasteiger partial charge in [-0.15, -0.1) is 6.58 Å². The van der Waals surface area contributed by atoms with Crippen LogP contribution in [0.5, 0.6) is 0 Å². The predicted octanol–water partition coefficient (Wildman–Crippen LogP) is 5.18. The minimum Gasteiger partial charge on any atom is -0.410 e. The first-order valence-electron chi connectivity index (χ1n) is 8.98. The van der Waals surface area contributed by atoms with Crippen molar-refractivity contribution in [2.24, 2.45) is 11.8 Å². The van der Waals surface area contributed by atoms with Gasteiger partial charge in [0.25, 0.3) is 0 Å². The first-order chi connectivity index (χ1) is 10.8. The van der Waals surface area contributed by atoms with E-state index in [1.165, 1.54) is 0 Å². The molecule has 0 bridgehead atoms. The lowest BCUT2D eigenvalue weighted by atomic mass is 9.93. The molecule has 0 saturated carbocycles. The third kappa shape index (κ3) is 6.47. The van der Waals surface area contributed by atoms with E-state index in [1.54, 1.807) is 7.11 Å². The topological polar surface area (TPSA) is 38.7 Å². The first-order valence-corrected chi connectivity index (χ1v) is 11.9. The highest BCUT2D eigenvalue weighted by atomic mass is 28.4. The summed E-state index contributed by atoms with van der Waals surface area (Å²) in [6.45, 7) is 23.3. The maximum Gasteiger partial charge on any atom is 0.192 e. The third-order valence-electron chi connectivity index (χ3n) is 5.21. The lowest BCUT2D eigenvalue weighted by Crippen LogP contribution is -2.49. The molecule has 142 valence electrons. The number of ether oxygens (including phenoxy) is 1. The highest BCUT2D eigenvalue weighted by molar-refractivity contribution is 6.74. The van der Waals surface area contributed by atoms with Gasteiger partial charge < -0.3 is 14.3 Å². The van der Waals surface area contributed by atoms with Crippen LogP contribution in [0.4, 0.5) is 0 Å². The Balaban J connectivity index is 5.58. The van der Waals surface area contributed by atoms with Crippen LogP contribution in [-0.4, -0.2) is 38.8 Å². The summed E-state index contributed by atoms with van der Waals surface area (Å²) in [6, 6.07) is 0. The van der Waals surface area contributed by atoms with Gasteiger partial charge in [0.05, 0.1) is 12.2 Å². The van der Waals surface area contributed by atoms with Crippen molar-refractivity contribution < 1.29 is 14.3 Å². The molecule has 0 radical (unpaired) electrons. The zero-order chi connectivity index (χ0) is 19.3. The van der Waals surface area contributed by atoms with Crippen molar-refractivity contribution in [2.45, 2.75) is 84.9 Å². The van der Waals surface area contributed by atoms with Crippen LogP contribution in [-0.2, 0) is 9.16 Å². The fourth-order valence-corrected chi connectivity index (χ4v) is 3.87. The quantitative estimate of drug-likeness (QED) is 0.457. The summed E-state index contributed by atoms with van der Waals surface area (Å²) in [4.78, 5) is 0. The summed E-state index contributed by atoms with van der Waals surface area (Å²) in [7, 11) is -0.251. The number of hydrogen-bond acceptors (Lipinski definition) is 3. The predicted molar refractivity (Wildman–Crippen MR) is 107 cm³/mol. The fourth-order valence-electron chi connectivity index (χ4n) is 2.49. The molecule has 0 aliphatic carbocycles. The van der Waals surface area contributed by atoms with Gasteiger partial charge in [-0.25, -0.2) is 0 Å². The van der Waals surface area contributed by atoms with Gasteiger partial charge in [-0.2, -0.15) is 0 Å². The number of aliphatic hydroxyl groups is 1. The Kier molecular flexibility index (Phi) is 9.16. The molecule has 0 saturated heterocycles. The van der Waals surface area contributed by atoms with Crippen LogP contribution in [0.15, 0.2) is 24.3 Å². The molecule has 0 heterocycles. The van der Waals surface area contributed by atoms with E-state index in [1.807, 2.05) is 26.8 Å². The van der Waals surface area contributed by atoms with Crippen molar-refractivity contribution >= 4 is 8.32 Å². The summed E-state index contributed by atoms with van der Waals surface area (Å²) in [5.41, 5.74) is 0.986. The molecule has 4 atom stereocenters. The molecule has 1 unspecified atom stereocenters. The Morgan fingerprint density at radius 1 is 1.17 bits per heavy atom. The normalized spacial score (nSPS) is 19.1. The van der Waals surface area contributed by atoms with Crippen molar-refractivity contribution in [1.82, 2.24) is 0 Å². The summed E-state index contributed by atoms with van der Waals surface area (Å²) < 4.78 is 12.3. The van der Waals surface area contributed by atoms with Gasteiger partial charge in [0.15, 0.2) is 8.32 Å². The van der Waals surface area contributed by atoms with E-state index in [4.69, 9.17) is 9.16 Å². The van der Waals surface area contributed by atoms with Gasteiger partial charge in [0, 0.05) is 13.0 Å². The molecule has 4 heteroatoms. The molecular weight excluding hydrogens is 316 g/mol. The number of methoxy groups -OCH3 is 1. The molecule has 0 spiro atoms. The van der Waals surface area contributed by atoms with Crippen molar-refractivity contribution in [3.8, 4) is 0 Å². The van der Waals surface area contributed by atoms with Gasteiger partial charge in [-0.3, -0.25) is 0 Å². The summed E-state index contributed by atoms with van der Waals surface area (Å²) in [6.07, 6.45) is 3.23. The summed E-state index contributed by atoms with van der Waals surface area (Å²) in [5.74, 6) is 0.321. The van der Waals surface area contributed by atoms with Crippen LogP contribution in [0.25, 0.3) is 0 Å². The molecular formula is C20H40O3Si. The fraction of sp³-hybridized carbons (Fsp3) is 0.800. The third-order valence-corrected chi connectivity index (χ3v) is 9.68. The monoisotopic (exact) mass is 356 g/mol. The molecule has 0 amide bonds. The van der Waals surface area contributed by atoms with Crippen LogP contribution in [0.3, 0.4) is 0 Å². The van der Waals surface area contributed by atoms with E-state index in [0.29, 0.717) is 0 Å². The number of rotatable bonds is 9. The van der Waals surface area contributed by atoms with Gasteiger partial charge in [0.2, 0.25) is 0 Å². The average Bonchev–Trinajstić information content (AvgIpc) is 2.44. The molecule has 3 nitrogen and oxygen atoms in total. The molecule has 24 heavy (non-hydrogen) atoms. The second-order valence-corrected chi connectivity index (χ2v) is 13.5. The first kappa shape index (κ1) is 23.6. The van der Waals surface area contributed by atoms with Crippen LogP contribution >= 0.6 is 0 Å². The second-order valence-electron chi connectivity index (χ2n) is 8.74. The van der Waals surface area contributed by atoms with E-state index in [0.717, 1.165) is 5.57 Å².